The van der Waals surface area contributed by atoms with Gasteiger partial charge in [-0.05, 0) is 44.9 Å². The number of aromatic nitrogens is 2. The summed E-state index contributed by atoms with van der Waals surface area (Å²) in [5.41, 5.74) is 2.68. The van der Waals surface area contributed by atoms with E-state index in [9.17, 15) is 14.0 Å². The molecule has 1 aromatic carbocycles. The number of nitrogens with zero attached hydrogens (tertiary/aromatic N) is 3. The van der Waals surface area contributed by atoms with Crippen molar-refractivity contribution in [2.24, 2.45) is 7.05 Å². The number of carbonyl (C=O) groups is 2. The second kappa shape index (κ2) is 6.33. The molecule has 3 aromatic rings. The summed E-state index contributed by atoms with van der Waals surface area (Å²) in [6, 6.07) is 4.26. The van der Waals surface area contributed by atoms with Crippen molar-refractivity contribution in [1.29, 1.82) is 0 Å². The highest BCUT2D eigenvalue weighted by Crippen LogP contribution is 2.37. The van der Waals surface area contributed by atoms with Crippen molar-refractivity contribution in [3.63, 3.8) is 0 Å². The maximum atomic E-state index is 14.0. The lowest BCUT2D eigenvalue weighted by Crippen LogP contribution is -2.34. The van der Waals surface area contributed by atoms with Gasteiger partial charge in [-0.2, -0.15) is 0 Å². The smallest absolute Gasteiger partial charge is 0.295 e. The molecule has 1 aliphatic rings. The Bertz CT molecular complexity index is 1050. The Hall–Kier alpha value is -2.96. The molecular formula is C20H20FN3O3. The van der Waals surface area contributed by atoms with Gasteiger partial charge in [0.15, 0.2) is 0 Å². The van der Waals surface area contributed by atoms with Crippen molar-refractivity contribution in [2.75, 3.05) is 13.1 Å². The van der Waals surface area contributed by atoms with Crippen LogP contribution in [-0.4, -0.2) is 39.4 Å². The molecule has 0 radical (unpaired) electrons. The fraction of sp³-hybridized carbons (Fsp3) is 0.350. The van der Waals surface area contributed by atoms with Gasteiger partial charge in [-0.1, -0.05) is 5.16 Å². The molecule has 0 spiro atoms. The number of amides is 1. The Labute approximate surface area is 155 Å². The van der Waals surface area contributed by atoms with Crippen molar-refractivity contribution < 1.29 is 18.5 Å². The fourth-order valence-corrected chi connectivity index (χ4v) is 3.93. The van der Waals surface area contributed by atoms with Gasteiger partial charge in [0.1, 0.15) is 11.6 Å². The zero-order valence-electron chi connectivity index (χ0n) is 15.5. The van der Waals surface area contributed by atoms with Crippen LogP contribution in [0, 0.1) is 19.7 Å². The van der Waals surface area contributed by atoms with E-state index in [0.717, 1.165) is 12.8 Å². The van der Waals surface area contributed by atoms with E-state index < -0.39 is 17.5 Å². The zero-order valence-corrected chi connectivity index (χ0v) is 15.5. The van der Waals surface area contributed by atoms with E-state index in [-0.39, 0.29) is 5.56 Å². The molecule has 6 nitrogen and oxygen atoms in total. The van der Waals surface area contributed by atoms with Crippen LogP contribution in [0.4, 0.5) is 4.39 Å². The summed E-state index contributed by atoms with van der Waals surface area (Å²) in [4.78, 5) is 27.6. The predicted octanol–water partition coefficient (Wildman–Crippen LogP) is 3.39. The van der Waals surface area contributed by atoms with Crippen LogP contribution in [0.3, 0.4) is 0 Å². The number of benzene rings is 1. The minimum absolute atomic E-state index is 0.207. The van der Waals surface area contributed by atoms with Crippen molar-refractivity contribution in [3.8, 4) is 11.3 Å². The first-order chi connectivity index (χ1) is 12.9. The first-order valence-electron chi connectivity index (χ1n) is 8.95. The van der Waals surface area contributed by atoms with Gasteiger partial charge < -0.3 is 14.0 Å². The second-order valence-electron chi connectivity index (χ2n) is 6.97. The topological polar surface area (TPSA) is 68.3 Å². The minimum Gasteiger partial charge on any atom is -0.361 e. The number of likely N-dealkylation sites (tertiary alicyclic amines) is 1. The molecule has 1 amide bonds. The number of halogens is 1. The summed E-state index contributed by atoms with van der Waals surface area (Å²) < 4.78 is 21.1. The number of Topliss-reactive ketones (excluding diaryl/α,β-unsaturated/α-hetero) is 1. The van der Waals surface area contributed by atoms with Crippen LogP contribution in [0.15, 0.2) is 22.7 Å². The normalized spacial score (nSPS) is 14.3. The van der Waals surface area contributed by atoms with E-state index in [1.165, 1.54) is 12.1 Å². The Morgan fingerprint density at radius 1 is 1.19 bits per heavy atom. The molecule has 7 heteroatoms. The molecule has 0 bridgehead atoms. The molecule has 0 unspecified atom stereocenters. The van der Waals surface area contributed by atoms with E-state index in [2.05, 4.69) is 5.16 Å². The number of fused-ring (bicyclic) bond motifs is 1. The monoisotopic (exact) mass is 369 g/mol. The van der Waals surface area contributed by atoms with E-state index in [4.69, 9.17) is 4.52 Å². The Balaban J connectivity index is 2.00. The Morgan fingerprint density at radius 3 is 2.52 bits per heavy atom. The standard InChI is InChI=1S/C20H20FN3O3/c1-11-16(12(2)27-22-11)18-17(19(25)20(26)24-8-4-5-9-24)14-10-13(21)6-7-15(14)23(18)3/h6-7,10H,4-5,8-9H2,1-3H3. The summed E-state index contributed by atoms with van der Waals surface area (Å²) in [6.45, 7) is 4.68. The molecule has 0 saturated carbocycles. The SMILES string of the molecule is Cc1noc(C)c1-c1c(C(=O)C(=O)N2CCCC2)c2cc(F)ccc2n1C. The van der Waals surface area contributed by atoms with Gasteiger partial charge >= 0.3 is 0 Å². The third kappa shape index (κ3) is 2.65. The van der Waals surface area contributed by atoms with Crippen LogP contribution >= 0.6 is 0 Å². The van der Waals surface area contributed by atoms with Crippen molar-refractivity contribution in [2.45, 2.75) is 26.7 Å². The predicted molar refractivity (Wildman–Crippen MR) is 98.0 cm³/mol. The summed E-state index contributed by atoms with van der Waals surface area (Å²) >= 11 is 0. The van der Waals surface area contributed by atoms with Crippen LogP contribution in [0.2, 0.25) is 0 Å². The first-order valence-corrected chi connectivity index (χ1v) is 8.95. The number of hydrogen-bond acceptors (Lipinski definition) is 4. The van der Waals surface area contributed by atoms with Crippen LogP contribution in [0.1, 0.15) is 34.7 Å². The van der Waals surface area contributed by atoms with E-state index in [1.807, 2.05) is 0 Å². The highest BCUT2D eigenvalue weighted by atomic mass is 19.1. The van der Waals surface area contributed by atoms with Gasteiger partial charge in [-0.15, -0.1) is 0 Å². The van der Waals surface area contributed by atoms with Crippen LogP contribution in [0.5, 0.6) is 0 Å². The average molecular weight is 369 g/mol. The van der Waals surface area contributed by atoms with Crippen molar-refractivity contribution in [1.82, 2.24) is 14.6 Å². The molecular weight excluding hydrogens is 349 g/mol. The van der Waals surface area contributed by atoms with E-state index in [0.29, 0.717) is 46.7 Å². The largest absolute Gasteiger partial charge is 0.361 e. The molecule has 0 aliphatic carbocycles. The lowest BCUT2D eigenvalue weighted by Gasteiger charge is -2.14. The lowest BCUT2D eigenvalue weighted by atomic mass is 10.00. The van der Waals surface area contributed by atoms with Gasteiger partial charge in [0.25, 0.3) is 11.7 Å². The van der Waals surface area contributed by atoms with Crippen LogP contribution in [0.25, 0.3) is 22.2 Å². The number of ketones is 1. The second-order valence-corrected chi connectivity index (χ2v) is 6.97. The summed E-state index contributed by atoms with van der Waals surface area (Å²) in [7, 11) is 1.79. The third-order valence-corrected chi connectivity index (χ3v) is 5.25. The number of rotatable bonds is 3. The molecule has 27 heavy (non-hydrogen) atoms. The van der Waals surface area contributed by atoms with Gasteiger partial charge in [-0.25, -0.2) is 4.39 Å². The molecule has 2 aromatic heterocycles. The van der Waals surface area contributed by atoms with Crippen molar-refractivity contribution in [3.05, 3.63) is 41.0 Å². The van der Waals surface area contributed by atoms with Gasteiger partial charge in [0.05, 0.1) is 22.5 Å². The van der Waals surface area contributed by atoms with E-state index in [1.54, 1.807) is 36.4 Å². The lowest BCUT2D eigenvalue weighted by molar-refractivity contribution is -0.125. The van der Waals surface area contributed by atoms with Crippen LogP contribution in [-0.2, 0) is 11.8 Å². The molecule has 1 fully saturated rings. The zero-order chi connectivity index (χ0) is 19.3. The van der Waals surface area contributed by atoms with Gasteiger partial charge in [0.2, 0.25) is 0 Å². The highest BCUT2D eigenvalue weighted by Gasteiger charge is 2.33. The quantitative estimate of drug-likeness (QED) is 0.524. The summed E-state index contributed by atoms with van der Waals surface area (Å²) in [5, 5.41) is 4.40. The molecule has 3 heterocycles. The highest BCUT2D eigenvalue weighted by molar-refractivity contribution is 6.46. The molecule has 4 rings (SSSR count). The van der Waals surface area contributed by atoms with Gasteiger partial charge in [0, 0.05) is 31.0 Å². The molecule has 0 atom stereocenters. The Kier molecular flexibility index (Phi) is 4.09. The maximum absolute atomic E-state index is 14.0. The first kappa shape index (κ1) is 17.5. The fourth-order valence-electron chi connectivity index (χ4n) is 3.93. The third-order valence-electron chi connectivity index (χ3n) is 5.25. The number of carbonyl (C=O) groups excluding carboxylic acids is 2. The number of aryl methyl sites for hydroxylation is 3. The summed E-state index contributed by atoms with van der Waals surface area (Å²) in [6.07, 6.45) is 1.78. The maximum Gasteiger partial charge on any atom is 0.295 e. The summed E-state index contributed by atoms with van der Waals surface area (Å²) in [5.74, 6) is -1.08. The van der Waals surface area contributed by atoms with Crippen LogP contribution < -0.4 is 0 Å². The Morgan fingerprint density at radius 2 is 1.89 bits per heavy atom. The average Bonchev–Trinajstić information content (AvgIpc) is 3.34. The van der Waals surface area contributed by atoms with Gasteiger partial charge in [-0.3, -0.25) is 9.59 Å². The minimum atomic E-state index is -0.622. The molecule has 140 valence electrons. The van der Waals surface area contributed by atoms with E-state index >= 15 is 0 Å². The molecule has 0 N–H and O–H groups in total. The number of hydrogen-bond donors (Lipinski definition) is 0. The molecule has 1 aliphatic heterocycles. The molecule has 1 saturated heterocycles. The van der Waals surface area contributed by atoms with Crippen molar-refractivity contribution >= 4 is 22.6 Å².